The molecule has 0 aromatic heterocycles. The van der Waals surface area contributed by atoms with Crippen LogP contribution in [0, 0.1) is 11.8 Å². The molecule has 120 valence electrons. The Labute approximate surface area is 130 Å². The van der Waals surface area contributed by atoms with Crippen molar-refractivity contribution in [1.29, 1.82) is 0 Å². The number of hydrogen-bond acceptors (Lipinski definition) is 3. The van der Waals surface area contributed by atoms with Gasteiger partial charge in [0, 0.05) is 12.7 Å². The highest BCUT2D eigenvalue weighted by Crippen LogP contribution is 2.32. The summed E-state index contributed by atoms with van der Waals surface area (Å²) in [5.74, 6) is 1.55. The van der Waals surface area contributed by atoms with Crippen LogP contribution in [0.1, 0.15) is 45.4 Å². The van der Waals surface area contributed by atoms with E-state index in [4.69, 9.17) is 5.73 Å². The highest BCUT2D eigenvalue weighted by molar-refractivity contribution is 5.36. The van der Waals surface area contributed by atoms with Gasteiger partial charge in [0.15, 0.2) is 0 Å². The van der Waals surface area contributed by atoms with Gasteiger partial charge in [0.1, 0.15) is 0 Å². The zero-order valence-electron chi connectivity index (χ0n) is 13.8. The average Bonchev–Trinajstić information content (AvgIpc) is 2.40. The highest BCUT2D eigenvalue weighted by Gasteiger charge is 2.18. The lowest BCUT2D eigenvalue weighted by Crippen LogP contribution is -2.18. The van der Waals surface area contributed by atoms with Gasteiger partial charge in [0.2, 0.25) is 0 Å². The van der Waals surface area contributed by atoms with Crippen molar-refractivity contribution in [1.82, 2.24) is 10.6 Å². The second kappa shape index (κ2) is 10.5. The van der Waals surface area contributed by atoms with E-state index in [-0.39, 0.29) is 0 Å². The number of allylic oxidation sites excluding steroid dienone is 2. The molecule has 0 aromatic carbocycles. The van der Waals surface area contributed by atoms with Gasteiger partial charge in [-0.15, -0.1) is 0 Å². The summed E-state index contributed by atoms with van der Waals surface area (Å²) in [4.78, 5) is 0. The molecule has 1 atom stereocenters. The van der Waals surface area contributed by atoms with Gasteiger partial charge in [-0.25, -0.2) is 0 Å². The maximum Gasteiger partial charge on any atom is 0.0312 e. The Kier molecular flexibility index (Phi) is 8.91. The standard InChI is InChI=1S/C18H33N3/c1-4-21-13-10-17(9-8-16-6-5-7-16)14-18(15(2)19)11-12-20-3/h11-12,14,16-17,20-21H,2,4-10,13,19H2,1,3H3/b12-11-,18-14+. The van der Waals surface area contributed by atoms with Gasteiger partial charge >= 0.3 is 0 Å². The monoisotopic (exact) mass is 291 g/mol. The summed E-state index contributed by atoms with van der Waals surface area (Å²) in [5.41, 5.74) is 7.62. The first-order chi connectivity index (χ1) is 10.2. The summed E-state index contributed by atoms with van der Waals surface area (Å²) in [6, 6.07) is 0. The molecule has 0 aliphatic heterocycles. The average molecular weight is 291 g/mol. The number of nitrogens with one attached hydrogen (secondary N) is 2. The van der Waals surface area contributed by atoms with Crippen molar-refractivity contribution in [2.75, 3.05) is 20.1 Å². The van der Waals surface area contributed by atoms with E-state index in [0.29, 0.717) is 11.6 Å². The SMILES string of the molecule is C=C(N)C(/C=C\NC)=C/C(CCNCC)CCC1CCC1. The first-order valence-corrected chi connectivity index (χ1v) is 8.38. The molecule has 1 saturated carbocycles. The summed E-state index contributed by atoms with van der Waals surface area (Å²) in [5, 5.41) is 6.44. The molecule has 0 heterocycles. The topological polar surface area (TPSA) is 50.1 Å². The van der Waals surface area contributed by atoms with Gasteiger partial charge in [-0.05, 0) is 62.0 Å². The third-order valence-electron chi connectivity index (χ3n) is 4.33. The molecule has 1 fully saturated rings. The van der Waals surface area contributed by atoms with E-state index in [2.05, 4.69) is 30.2 Å². The van der Waals surface area contributed by atoms with Crippen molar-refractivity contribution >= 4 is 0 Å². The molecule has 1 unspecified atom stereocenters. The molecular formula is C18H33N3. The van der Waals surface area contributed by atoms with Crippen molar-refractivity contribution in [3.05, 3.63) is 36.2 Å². The fraction of sp³-hybridized carbons (Fsp3) is 0.667. The first kappa shape index (κ1) is 17.8. The fourth-order valence-corrected chi connectivity index (χ4v) is 2.70. The maximum absolute atomic E-state index is 5.92. The summed E-state index contributed by atoms with van der Waals surface area (Å²) < 4.78 is 0. The number of nitrogens with two attached hydrogens (primary N) is 1. The largest absolute Gasteiger partial charge is 0.399 e. The molecule has 0 aromatic rings. The third kappa shape index (κ3) is 7.37. The molecule has 0 saturated heterocycles. The van der Waals surface area contributed by atoms with Crippen molar-refractivity contribution < 1.29 is 0 Å². The molecular weight excluding hydrogens is 258 g/mol. The molecule has 4 N–H and O–H groups in total. The molecule has 0 radical (unpaired) electrons. The number of hydrogen-bond donors (Lipinski definition) is 3. The van der Waals surface area contributed by atoms with Crippen LogP contribution in [0.2, 0.25) is 0 Å². The zero-order valence-corrected chi connectivity index (χ0v) is 13.8. The summed E-state index contributed by atoms with van der Waals surface area (Å²) in [7, 11) is 1.90. The van der Waals surface area contributed by atoms with E-state index in [9.17, 15) is 0 Å². The molecule has 1 aliphatic rings. The smallest absolute Gasteiger partial charge is 0.0312 e. The third-order valence-corrected chi connectivity index (χ3v) is 4.33. The van der Waals surface area contributed by atoms with E-state index >= 15 is 0 Å². The van der Waals surface area contributed by atoms with Crippen LogP contribution in [-0.2, 0) is 0 Å². The van der Waals surface area contributed by atoms with E-state index in [1.54, 1.807) is 0 Å². The van der Waals surface area contributed by atoms with Crippen LogP contribution in [0.4, 0.5) is 0 Å². The minimum absolute atomic E-state index is 0.585. The Morgan fingerprint density at radius 2 is 2.14 bits per heavy atom. The lowest BCUT2D eigenvalue weighted by Gasteiger charge is -2.27. The van der Waals surface area contributed by atoms with Crippen LogP contribution in [0.25, 0.3) is 0 Å². The maximum atomic E-state index is 5.92. The predicted molar refractivity (Wildman–Crippen MR) is 92.8 cm³/mol. The van der Waals surface area contributed by atoms with Crippen molar-refractivity contribution in [2.24, 2.45) is 17.6 Å². The second-order valence-corrected chi connectivity index (χ2v) is 6.05. The number of rotatable bonds is 11. The van der Waals surface area contributed by atoms with Crippen molar-refractivity contribution in [3.63, 3.8) is 0 Å². The quantitative estimate of drug-likeness (QED) is 0.404. The Morgan fingerprint density at radius 3 is 2.67 bits per heavy atom. The van der Waals surface area contributed by atoms with Gasteiger partial charge in [-0.2, -0.15) is 0 Å². The minimum Gasteiger partial charge on any atom is -0.399 e. The molecule has 0 amide bonds. The molecule has 0 spiro atoms. The van der Waals surface area contributed by atoms with Crippen molar-refractivity contribution in [2.45, 2.75) is 45.4 Å². The summed E-state index contributed by atoms with van der Waals surface area (Å²) in [6.45, 7) is 8.16. The normalized spacial score (nSPS) is 17.7. The van der Waals surface area contributed by atoms with Crippen LogP contribution in [0.3, 0.4) is 0 Å². The van der Waals surface area contributed by atoms with Crippen LogP contribution < -0.4 is 16.4 Å². The Balaban J connectivity index is 2.60. The van der Waals surface area contributed by atoms with Crippen LogP contribution in [0.5, 0.6) is 0 Å². The second-order valence-electron chi connectivity index (χ2n) is 6.05. The van der Waals surface area contributed by atoms with Gasteiger partial charge < -0.3 is 16.4 Å². The van der Waals surface area contributed by atoms with Crippen LogP contribution in [-0.4, -0.2) is 20.1 Å². The molecule has 1 aliphatic carbocycles. The predicted octanol–water partition coefficient (Wildman–Crippen LogP) is 3.31. The highest BCUT2D eigenvalue weighted by atomic mass is 14.8. The van der Waals surface area contributed by atoms with E-state index in [1.165, 1.54) is 38.5 Å². The summed E-state index contributed by atoms with van der Waals surface area (Å²) >= 11 is 0. The van der Waals surface area contributed by atoms with E-state index in [0.717, 1.165) is 24.6 Å². The van der Waals surface area contributed by atoms with Gasteiger partial charge in [-0.3, -0.25) is 0 Å². The lowest BCUT2D eigenvalue weighted by atomic mass is 9.80. The summed E-state index contributed by atoms with van der Waals surface area (Å²) in [6.07, 6.45) is 14.3. The fourth-order valence-electron chi connectivity index (χ4n) is 2.70. The van der Waals surface area contributed by atoms with Crippen molar-refractivity contribution in [3.8, 4) is 0 Å². The van der Waals surface area contributed by atoms with Gasteiger partial charge in [0.05, 0.1) is 0 Å². The Bertz CT molecular complexity index is 353. The minimum atomic E-state index is 0.585. The van der Waals surface area contributed by atoms with E-state index in [1.807, 2.05) is 19.3 Å². The molecule has 21 heavy (non-hydrogen) atoms. The molecule has 3 nitrogen and oxygen atoms in total. The molecule has 3 heteroatoms. The van der Waals surface area contributed by atoms with Gasteiger partial charge in [0.25, 0.3) is 0 Å². The first-order valence-electron chi connectivity index (χ1n) is 8.38. The molecule has 1 rings (SSSR count). The van der Waals surface area contributed by atoms with Gasteiger partial charge in [-0.1, -0.05) is 38.8 Å². The lowest BCUT2D eigenvalue weighted by molar-refractivity contribution is 0.275. The Morgan fingerprint density at radius 1 is 1.38 bits per heavy atom. The molecule has 0 bridgehead atoms. The van der Waals surface area contributed by atoms with E-state index < -0.39 is 0 Å². The zero-order chi connectivity index (χ0) is 15.5. The van der Waals surface area contributed by atoms with Crippen LogP contribution in [0.15, 0.2) is 36.2 Å². The van der Waals surface area contributed by atoms with Crippen LogP contribution >= 0.6 is 0 Å². The Hall–Kier alpha value is -1.22.